The number of ether oxygens (including phenoxy) is 6. The molecule has 15 nitrogen and oxygen atoms in total. The van der Waals surface area contributed by atoms with Gasteiger partial charge < -0.3 is 64.2 Å². The van der Waals surface area contributed by atoms with Crippen molar-refractivity contribution in [2.75, 3.05) is 26.4 Å². The van der Waals surface area contributed by atoms with E-state index in [2.05, 4.69) is 56.4 Å². The molecule has 0 bridgehead atoms. The third kappa shape index (κ3) is 27.7. The second kappa shape index (κ2) is 40.1. The predicted molar refractivity (Wildman–Crippen MR) is 261 cm³/mol. The molecule has 2 rings (SSSR count). The Balaban J connectivity index is 1.84. The number of esters is 2. The highest BCUT2D eigenvalue weighted by atomic mass is 16.7. The van der Waals surface area contributed by atoms with Crippen LogP contribution in [0.3, 0.4) is 0 Å². The van der Waals surface area contributed by atoms with Crippen molar-refractivity contribution >= 4 is 11.9 Å². The summed E-state index contributed by atoms with van der Waals surface area (Å²) in [6.07, 6.45) is 27.2. The lowest BCUT2D eigenvalue weighted by Gasteiger charge is -2.42. The van der Waals surface area contributed by atoms with Crippen molar-refractivity contribution < 1.29 is 73.8 Å². The fourth-order valence-electron chi connectivity index (χ4n) is 7.93. The molecule has 68 heavy (non-hydrogen) atoms. The van der Waals surface area contributed by atoms with Crippen molar-refractivity contribution in [1.29, 1.82) is 0 Å². The van der Waals surface area contributed by atoms with E-state index in [9.17, 15) is 45.3 Å². The van der Waals surface area contributed by atoms with Crippen molar-refractivity contribution in [3.05, 3.63) is 48.6 Å². The summed E-state index contributed by atoms with van der Waals surface area (Å²) in [5.74, 6) is -0.996. The molecule has 0 radical (unpaired) electrons. The van der Waals surface area contributed by atoms with E-state index in [0.717, 1.165) is 57.8 Å². The fraction of sp³-hybridized carbons (Fsp3) is 0.811. The number of carbonyl (C=O) groups excluding carboxylic acids is 2. The lowest BCUT2D eigenvalue weighted by Crippen LogP contribution is -2.61. The van der Waals surface area contributed by atoms with Gasteiger partial charge in [-0.3, -0.25) is 9.59 Å². The average Bonchev–Trinajstić information content (AvgIpc) is 3.33. The largest absolute Gasteiger partial charge is 0.462 e. The van der Waals surface area contributed by atoms with Gasteiger partial charge in [0.05, 0.1) is 19.8 Å². The highest BCUT2D eigenvalue weighted by molar-refractivity contribution is 5.70. The maximum atomic E-state index is 13.0. The molecule has 0 saturated carbocycles. The predicted octanol–water partition coefficient (Wildman–Crippen LogP) is 7.49. The Hall–Kier alpha value is -2.54. The van der Waals surface area contributed by atoms with Crippen LogP contribution in [0.5, 0.6) is 0 Å². The summed E-state index contributed by atoms with van der Waals surface area (Å²) >= 11 is 0. The van der Waals surface area contributed by atoms with Gasteiger partial charge in [0.25, 0.3) is 0 Å². The van der Waals surface area contributed by atoms with Gasteiger partial charge in [0.2, 0.25) is 0 Å². The Morgan fingerprint density at radius 3 is 1.44 bits per heavy atom. The Labute approximate surface area is 408 Å². The van der Waals surface area contributed by atoms with Gasteiger partial charge in [0.1, 0.15) is 55.4 Å². The first kappa shape index (κ1) is 61.6. The van der Waals surface area contributed by atoms with Gasteiger partial charge in [-0.1, -0.05) is 146 Å². The van der Waals surface area contributed by atoms with Crippen LogP contribution in [0.15, 0.2) is 48.6 Å². The Kier molecular flexibility index (Phi) is 36.3. The summed E-state index contributed by atoms with van der Waals surface area (Å²) in [4.78, 5) is 25.7. The SMILES string of the molecule is CCCCCCCC/C=C/C/C=C/C/C=C/CCCC(=O)O[C@H](COC(=O)CCCCCCC/C=C/CCCCCCCC)CO[C@H]1O[C@@H](CO[C@H]2O[C@@H](CO)[C@@H](O)C(O)C2O)[C@@H](O)C(O)C1O. The first-order chi connectivity index (χ1) is 33.0. The van der Waals surface area contributed by atoms with E-state index >= 15 is 0 Å². The molecule has 15 heteroatoms. The first-order valence-electron chi connectivity index (χ1n) is 26.2. The van der Waals surface area contributed by atoms with Crippen molar-refractivity contribution in [1.82, 2.24) is 0 Å². The normalized spacial score (nSPS) is 26.1. The van der Waals surface area contributed by atoms with Crippen molar-refractivity contribution in [2.45, 2.75) is 248 Å². The molecular formula is C53H92O15. The molecular weight excluding hydrogens is 877 g/mol. The second-order valence-corrected chi connectivity index (χ2v) is 18.3. The molecule has 4 unspecified atom stereocenters. The second-order valence-electron chi connectivity index (χ2n) is 18.3. The molecule has 0 spiro atoms. The maximum Gasteiger partial charge on any atom is 0.306 e. The summed E-state index contributed by atoms with van der Waals surface area (Å²) in [5.41, 5.74) is 0. The molecule has 2 aliphatic rings. The number of allylic oxidation sites excluding steroid dienone is 8. The Bertz CT molecular complexity index is 1370. The van der Waals surface area contributed by atoms with Gasteiger partial charge in [-0.15, -0.1) is 0 Å². The standard InChI is InChI=1S/C53H92O15/c1-3-5-7-9-11-13-15-17-19-20-22-24-26-28-30-32-34-36-45(56)66-41(38-63-44(55)35-33-31-29-27-25-23-21-18-16-14-12-10-8-6-4-2)39-64-52-51(62)49(60)47(58)43(68-52)40-65-53-50(61)48(59)46(57)42(37-54)67-53/h17-19,21-22,24,28,30,41-43,46-54,57-62H,3-16,20,23,25-27,29,31-40H2,1-2H3/b19-17+,21-18+,24-22+,30-28+/t41-,42+,43+,46-,47-,48?,49?,50?,51?,52+,53+/m1/s1. The van der Waals surface area contributed by atoms with E-state index in [0.29, 0.717) is 19.3 Å². The van der Waals surface area contributed by atoms with Crippen molar-refractivity contribution in [2.24, 2.45) is 0 Å². The molecule has 0 amide bonds. The zero-order valence-electron chi connectivity index (χ0n) is 41.6. The van der Waals surface area contributed by atoms with Crippen LogP contribution >= 0.6 is 0 Å². The third-order valence-corrected chi connectivity index (χ3v) is 12.3. The summed E-state index contributed by atoms with van der Waals surface area (Å²) in [5, 5.41) is 72.1. The van der Waals surface area contributed by atoms with E-state index in [-0.39, 0.29) is 19.4 Å². The van der Waals surface area contributed by atoms with Crippen LogP contribution < -0.4 is 0 Å². The molecule has 2 fully saturated rings. The molecule has 0 aromatic carbocycles. The van der Waals surface area contributed by atoms with Crippen LogP contribution in [-0.4, -0.2) is 142 Å². The monoisotopic (exact) mass is 969 g/mol. The van der Waals surface area contributed by atoms with E-state index in [1.165, 1.54) is 77.0 Å². The van der Waals surface area contributed by atoms with E-state index < -0.39 is 99.3 Å². The zero-order valence-corrected chi connectivity index (χ0v) is 41.6. The summed E-state index contributed by atoms with van der Waals surface area (Å²) in [7, 11) is 0. The lowest BCUT2D eigenvalue weighted by atomic mass is 9.98. The van der Waals surface area contributed by atoms with Gasteiger partial charge >= 0.3 is 11.9 Å². The summed E-state index contributed by atoms with van der Waals surface area (Å²) in [6, 6.07) is 0. The van der Waals surface area contributed by atoms with Gasteiger partial charge in [0.15, 0.2) is 18.7 Å². The zero-order chi connectivity index (χ0) is 49.6. The molecule has 2 heterocycles. The molecule has 0 aliphatic carbocycles. The van der Waals surface area contributed by atoms with Crippen molar-refractivity contribution in [3.63, 3.8) is 0 Å². The summed E-state index contributed by atoms with van der Waals surface area (Å²) < 4.78 is 33.5. The van der Waals surface area contributed by atoms with Crippen LogP contribution in [0.2, 0.25) is 0 Å². The van der Waals surface area contributed by atoms with Gasteiger partial charge in [-0.05, 0) is 70.6 Å². The van der Waals surface area contributed by atoms with Gasteiger partial charge in [-0.2, -0.15) is 0 Å². The minimum absolute atomic E-state index is 0.0910. The molecule has 0 aromatic rings. The lowest BCUT2D eigenvalue weighted by molar-refractivity contribution is -0.332. The van der Waals surface area contributed by atoms with E-state index in [4.69, 9.17) is 28.4 Å². The van der Waals surface area contributed by atoms with Crippen LogP contribution in [0.1, 0.15) is 181 Å². The minimum atomic E-state index is -1.78. The third-order valence-electron chi connectivity index (χ3n) is 12.3. The number of hydrogen-bond acceptors (Lipinski definition) is 15. The highest BCUT2D eigenvalue weighted by Crippen LogP contribution is 2.26. The number of aliphatic hydroxyl groups excluding tert-OH is 7. The van der Waals surface area contributed by atoms with Crippen LogP contribution in [-0.2, 0) is 38.0 Å². The average molecular weight is 969 g/mol. The van der Waals surface area contributed by atoms with Crippen LogP contribution in [0.4, 0.5) is 0 Å². The Morgan fingerprint density at radius 2 is 0.897 bits per heavy atom. The number of unbranched alkanes of at least 4 members (excludes halogenated alkanes) is 18. The van der Waals surface area contributed by atoms with Gasteiger partial charge in [0, 0.05) is 12.8 Å². The van der Waals surface area contributed by atoms with Crippen LogP contribution in [0, 0.1) is 0 Å². The molecule has 394 valence electrons. The quantitative estimate of drug-likeness (QED) is 0.0179. The van der Waals surface area contributed by atoms with E-state index in [1.807, 2.05) is 6.08 Å². The molecule has 11 atom stereocenters. The molecule has 2 aliphatic heterocycles. The van der Waals surface area contributed by atoms with E-state index in [1.54, 1.807) is 0 Å². The number of hydrogen-bond donors (Lipinski definition) is 7. The minimum Gasteiger partial charge on any atom is -0.462 e. The molecule has 2 saturated heterocycles. The first-order valence-corrected chi connectivity index (χ1v) is 26.2. The maximum absolute atomic E-state index is 13.0. The Morgan fingerprint density at radius 1 is 0.471 bits per heavy atom. The van der Waals surface area contributed by atoms with Crippen molar-refractivity contribution in [3.8, 4) is 0 Å². The van der Waals surface area contributed by atoms with Crippen LogP contribution in [0.25, 0.3) is 0 Å². The summed E-state index contributed by atoms with van der Waals surface area (Å²) in [6.45, 7) is 2.51. The van der Waals surface area contributed by atoms with Gasteiger partial charge in [-0.25, -0.2) is 0 Å². The molecule has 7 N–H and O–H groups in total. The molecule has 0 aromatic heterocycles. The topological polar surface area (TPSA) is 231 Å². The highest BCUT2D eigenvalue weighted by Gasteiger charge is 2.47. The fourth-order valence-corrected chi connectivity index (χ4v) is 7.93. The smallest absolute Gasteiger partial charge is 0.306 e. The number of carbonyl (C=O) groups is 2. The number of rotatable bonds is 40. The number of aliphatic hydroxyl groups is 7.